The number of urea groups is 1. The van der Waals surface area contributed by atoms with Gasteiger partial charge in [0.25, 0.3) is 0 Å². The lowest BCUT2D eigenvalue weighted by Crippen LogP contribution is -2.49. The molecule has 0 radical (unpaired) electrons. The lowest BCUT2D eigenvalue weighted by atomic mass is 9.80. The maximum absolute atomic E-state index is 11.9. The summed E-state index contributed by atoms with van der Waals surface area (Å²) in [4.78, 5) is 24.8. The van der Waals surface area contributed by atoms with Crippen LogP contribution in [0.1, 0.15) is 32.6 Å². The van der Waals surface area contributed by atoms with Gasteiger partial charge in [0.15, 0.2) is 0 Å². The van der Waals surface area contributed by atoms with E-state index in [-0.39, 0.29) is 12.1 Å². The Kier molecular flexibility index (Phi) is 4.29. The summed E-state index contributed by atoms with van der Waals surface area (Å²) in [6, 6.07) is -0.108. The molecule has 6 heteroatoms. The Morgan fingerprint density at radius 2 is 2.11 bits per heavy atom. The molecule has 0 aromatic heterocycles. The van der Waals surface area contributed by atoms with Gasteiger partial charge in [-0.3, -0.25) is 4.79 Å². The van der Waals surface area contributed by atoms with Crippen molar-refractivity contribution >= 4 is 12.0 Å². The molecule has 6 nitrogen and oxygen atoms in total. The van der Waals surface area contributed by atoms with Gasteiger partial charge in [-0.2, -0.15) is 0 Å². The molecule has 2 amide bonds. The first-order valence-electron chi connectivity index (χ1n) is 6.89. The Morgan fingerprint density at radius 1 is 1.42 bits per heavy atom. The first-order chi connectivity index (χ1) is 9.01. The summed E-state index contributed by atoms with van der Waals surface area (Å²) < 4.78 is 5.44. The SMILES string of the molecule is CC1(C(=O)O)CCN(C(=O)NCC2CCCO2)CC1. The molecule has 0 spiro atoms. The fourth-order valence-corrected chi connectivity index (χ4v) is 2.54. The molecular formula is C13H22N2O4. The quantitative estimate of drug-likeness (QED) is 0.803. The van der Waals surface area contributed by atoms with Crippen molar-refractivity contribution in [2.75, 3.05) is 26.2 Å². The van der Waals surface area contributed by atoms with Crippen LogP contribution in [0.3, 0.4) is 0 Å². The van der Waals surface area contributed by atoms with E-state index in [9.17, 15) is 9.59 Å². The summed E-state index contributed by atoms with van der Waals surface area (Å²) in [6.45, 7) is 4.07. The molecule has 108 valence electrons. The van der Waals surface area contributed by atoms with E-state index in [0.717, 1.165) is 19.4 Å². The maximum Gasteiger partial charge on any atom is 0.317 e. The third kappa shape index (κ3) is 3.37. The van der Waals surface area contributed by atoms with E-state index in [1.165, 1.54) is 0 Å². The average Bonchev–Trinajstić information content (AvgIpc) is 2.90. The van der Waals surface area contributed by atoms with Crippen molar-refractivity contribution in [3.05, 3.63) is 0 Å². The van der Waals surface area contributed by atoms with Gasteiger partial charge < -0.3 is 20.1 Å². The van der Waals surface area contributed by atoms with Crippen molar-refractivity contribution in [2.24, 2.45) is 5.41 Å². The summed E-state index contributed by atoms with van der Waals surface area (Å²) in [5, 5.41) is 12.0. The average molecular weight is 270 g/mol. The highest BCUT2D eigenvalue weighted by molar-refractivity contribution is 5.77. The summed E-state index contributed by atoms with van der Waals surface area (Å²) in [6.07, 6.45) is 3.21. The van der Waals surface area contributed by atoms with Crippen LogP contribution in [-0.2, 0) is 9.53 Å². The Hall–Kier alpha value is -1.30. The standard InChI is InChI=1S/C13H22N2O4/c1-13(11(16)17)4-6-15(7-5-13)12(18)14-9-10-3-2-8-19-10/h10H,2-9H2,1H3,(H,14,18)(H,16,17). The third-order valence-corrected chi connectivity index (χ3v) is 4.18. The molecule has 2 saturated heterocycles. The maximum atomic E-state index is 11.9. The molecule has 2 rings (SSSR count). The molecule has 2 N–H and O–H groups in total. The highest BCUT2D eigenvalue weighted by Gasteiger charge is 2.38. The van der Waals surface area contributed by atoms with Crippen LogP contribution in [0, 0.1) is 5.41 Å². The predicted molar refractivity (Wildman–Crippen MR) is 68.9 cm³/mol. The third-order valence-electron chi connectivity index (χ3n) is 4.18. The van der Waals surface area contributed by atoms with Gasteiger partial charge in [0, 0.05) is 26.2 Å². The zero-order valence-electron chi connectivity index (χ0n) is 11.4. The highest BCUT2D eigenvalue weighted by atomic mass is 16.5. The van der Waals surface area contributed by atoms with Gasteiger partial charge in [-0.05, 0) is 32.6 Å². The minimum absolute atomic E-state index is 0.108. The lowest BCUT2D eigenvalue weighted by molar-refractivity contribution is -0.150. The molecule has 1 atom stereocenters. The number of hydrogen-bond acceptors (Lipinski definition) is 3. The number of aliphatic carboxylic acids is 1. The van der Waals surface area contributed by atoms with Gasteiger partial charge in [0.1, 0.15) is 0 Å². The van der Waals surface area contributed by atoms with E-state index < -0.39 is 11.4 Å². The van der Waals surface area contributed by atoms with Crippen molar-refractivity contribution in [1.82, 2.24) is 10.2 Å². The Bertz CT molecular complexity index is 345. The monoisotopic (exact) mass is 270 g/mol. The number of rotatable bonds is 3. The number of hydrogen-bond donors (Lipinski definition) is 2. The molecule has 2 heterocycles. The van der Waals surface area contributed by atoms with Crippen LogP contribution in [0.5, 0.6) is 0 Å². The minimum atomic E-state index is -0.771. The fraction of sp³-hybridized carbons (Fsp3) is 0.846. The van der Waals surface area contributed by atoms with E-state index in [1.54, 1.807) is 11.8 Å². The molecule has 0 aromatic rings. The number of likely N-dealkylation sites (tertiary alicyclic amines) is 1. The molecule has 2 aliphatic rings. The van der Waals surface area contributed by atoms with Gasteiger partial charge in [-0.1, -0.05) is 0 Å². The van der Waals surface area contributed by atoms with Crippen LogP contribution in [0.15, 0.2) is 0 Å². The molecule has 0 bridgehead atoms. The molecule has 0 aliphatic carbocycles. The number of carboxylic acids is 1. The fourth-order valence-electron chi connectivity index (χ4n) is 2.54. The van der Waals surface area contributed by atoms with Crippen molar-refractivity contribution in [3.8, 4) is 0 Å². The summed E-state index contributed by atoms with van der Waals surface area (Å²) in [5.41, 5.74) is -0.689. The van der Waals surface area contributed by atoms with E-state index in [4.69, 9.17) is 9.84 Å². The van der Waals surface area contributed by atoms with Crippen molar-refractivity contribution < 1.29 is 19.4 Å². The molecule has 0 saturated carbocycles. The zero-order chi connectivity index (χ0) is 13.9. The van der Waals surface area contributed by atoms with E-state index in [2.05, 4.69) is 5.32 Å². The van der Waals surface area contributed by atoms with Crippen LogP contribution in [0.2, 0.25) is 0 Å². The number of carbonyl (C=O) groups is 2. The van der Waals surface area contributed by atoms with Gasteiger partial charge in [0.2, 0.25) is 0 Å². The molecule has 0 aromatic carbocycles. The second-order valence-corrected chi connectivity index (χ2v) is 5.67. The first kappa shape index (κ1) is 14.1. The van der Waals surface area contributed by atoms with Crippen LogP contribution in [-0.4, -0.2) is 54.4 Å². The second-order valence-electron chi connectivity index (χ2n) is 5.67. The smallest absolute Gasteiger partial charge is 0.317 e. The van der Waals surface area contributed by atoms with Crippen molar-refractivity contribution in [1.29, 1.82) is 0 Å². The Morgan fingerprint density at radius 3 is 2.63 bits per heavy atom. The van der Waals surface area contributed by atoms with E-state index in [0.29, 0.717) is 32.5 Å². The molecule has 2 aliphatic heterocycles. The normalized spacial score (nSPS) is 26.2. The first-order valence-corrected chi connectivity index (χ1v) is 6.89. The van der Waals surface area contributed by atoms with Crippen LogP contribution < -0.4 is 5.32 Å². The number of amides is 2. The Labute approximate surface area is 113 Å². The molecule has 19 heavy (non-hydrogen) atoms. The van der Waals surface area contributed by atoms with Gasteiger partial charge in [0.05, 0.1) is 11.5 Å². The number of piperidine rings is 1. The summed E-state index contributed by atoms with van der Waals surface area (Å²) in [5.74, 6) is -0.771. The van der Waals surface area contributed by atoms with Gasteiger partial charge in [-0.15, -0.1) is 0 Å². The second kappa shape index (κ2) is 5.77. The zero-order valence-corrected chi connectivity index (χ0v) is 11.4. The molecular weight excluding hydrogens is 248 g/mol. The lowest BCUT2D eigenvalue weighted by Gasteiger charge is -2.36. The van der Waals surface area contributed by atoms with Crippen LogP contribution in [0.25, 0.3) is 0 Å². The Balaban J connectivity index is 1.74. The minimum Gasteiger partial charge on any atom is -0.481 e. The molecule has 1 unspecified atom stereocenters. The largest absolute Gasteiger partial charge is 0.481 e. The topological polar surface area (TPSA) is 78.9 Å². The summed E-state index contributed by atoms with van der Waals surface area (Å²) in [7, 11) is 0. The van der Waals surface area contributed by atoms with Gasteiger partial charge >= 0.3 is 12.0 Å². The number of nitrogens with one attached hydrogen (secondary N) is 1. The number of carboxylic acid groups (broad SMARTS) is 1. The predicted octanol–water partition coefficient (Wildman–Crippen LogP) is 1.06. The summed E-state index contributed by atoms with van der Waals surface area (Å²) >= 11 is 0. The van der Waals surface area contributed by atoms with Crippen LogP contribution in [0.4, 0.5) is 4.79 Å². The van der Waals surface area contributed by atoms with E-state index in [1.807, 2.05) is 0 Å². The number of ether oxygens (including phenoxy) is 1. The highest BCUT2D eigenvalue weighted by Crippen LogP contribution is 2.30. The van der Waals surface area contributed by atoms with Gasteiger partial charge in [-0.25, -0.2) is 4.79 Å². The number of carbonyl (C=O) groups excluding carboxylic acids is 1. The molecule has 2 fully saturated rings. The van der Waals surface area contributed by atoms with Crippen LogP contribution >= 0.6 is 0 Å². The number of nitrogens with zero attached hydrogens (tertiary/aromatic N) is 1. The van der Waals surface area contributed by atoms with Crippen molar-refractivity contribution in [3.63, 3.8) is 0 Å². The van der Waals surface area contributed by atoms with Crippen molar-refractivity contribution in [2.45, 2.75) is 38.7 Å². The van der Waals surface area contributed by atoms with E-state index >= 15 is 0 Å².